The highest BCUT2D eigenvalue weighted by Gasteiger charge is 2.04. The molecule has 0 unspecified atom stereocenters. The average molecular weight is 255 g/mol. The Labute approximate surface area is 106 Å². The monoisotopic (exact) mass is 255 g/mol. The molecule has 1 aromatic heterocycles. The molecule has 0 bridgehead atoms. The molecule has 0 saturated carbocycles. The van der Waals surface area contributed by atoms with Gasteiger partial charge in [-0.25, -0.2) is 4.79 Å². The Kier molecular flexibility index (Phi) is 6.75. The lowest BCUT2D eigenvalue weighted by atomic mass is 10.3. The minimum Gasteiger partial charge on any atom is -0.492 e. The average Bonchev–Trinajstić information content (AvgIpc) is 2.38. The number of ether oxygens (including phenoxy) is 3. The second-order valence-electron chi connectivity index (χ2n) is 3.52. The van der Waals surface area contributed by atoms with E-state index in [1.807, 2.05) is 0 Å². The number of carboxylic acid groups (broad SMARTS) is 1. The van der Waals surface area contributed by atoms with Crippen molar-refractivity contribution in [2.45, 2.75) is 6.42 Å². The van der Waals surface area contributed by atoms with Crippen LogP contribution >= 0.6 is 0 Å². The standard InChI is InChI=1S/C12H17NO5/c1-16-5-6-17-3-2-4-18-11-7-10(12(14)15)8-13-9-11/h7-9H,2-6H2,1H3,(H,14,15). The first-order valence-corrected chi connectivity index (χ1v) is 5.62. The number of carbonyl (C=O) groups is 1. The highest BCUT2D eigenvalue weighted by Crippen LogP contribution is 2.11. The number of methoxy groups -OCH3 is 1. The van der Waals surface area contributed by atoms with E-state index in [1.165, 1.54) is 18.5 Å². The van der Waals surface area contributed by atoms with Crippen molar-refractivity contribution in [3.05, 3.63) is 24.0 Å². The first-order chi connectivity index (χ1) is 8.74. The van der Waals surface area contributed by atoms with Gasteiger partial charge in [-0.1, -0.05) is 0 Å². The molecule has 0 fully saturated rings. The fourth-order valence-electron chi connectivity index (χ4n) is 1.21. The van der Waals surface area contributed by atoms with E-state index in [9.17, 15) is 4.79 Å². The van der Waals surface area contributed by atoms with Crippen molar-refractivity contribution >= 4 is 5.97 Å². The minimum atomic E-state index is -1.02. The Bertz CT molecular complexity index is 369. The van der Waals surface area contributed by atoms with Gasteiger partial charge in [0.15, 0.2) is 0 Å². The molecule has 0 atom stereocenters. The summed E-state index contributed by atoms with van der Waals surface area (Å²) in [5, 5.41) is 8.77. The third kappa shape index (κ3) is 5.60. The minimum absolute atomic E-state index is 0.115. The van der Waals surface area contributed by atoms with E-state index in [4.69, 9.17) is 19.3 Å². The molecule has 100 valence electrons. The van der Waals surface area contributed by atoms with Crippen LogP contribution in [0.2, 0.25) is 0 Å². The zero-order valence-electron chi connectivity index (χ0n) is 10.3. The van der Waals surface area contributed by atoms with Crippen molar-refractivity contribution in [3.63, 3.8) is 0 Å². The topological polar surface area (TPSA) is 77.9 Å². The Morgan fingerprint density at radius 1 is 1.28 bits per heavy atom. The summed E-state index contributed by atoms with van der Waals surface area (Å²) in [6, 6.07) is 1.45. The summed E-state index contributed by atoms with van der Waals surface area (Å²) in [6.45, 7) is 2.17. The summed E-state index contributed by atoms with van der Waals surface area (Å²) in [7, 11) is 1.62. The van der Waals surface area contributed by atoms with Gasteiger partial charge in [0.1, 0.15) is 5.75 Å². The van der Waals surface area contributed by atoms with E-state index < -0.39 is 5.97 Å². The van der Waals surface area contributed by atoms with Gasteiger partial charge in [-0.15, -0.1) is 0 Å². The first kappa shape index (κ1) is 14.4. The second-order valence-corrected chi connectivity index (χ2v) is 3.52. The lowest BCUT2D eigenvalue weighted by Crippen LogP contribution is -2.07. The van der Waals surface area contributed by atoms with Gasteiger partial charge in [0.2, 0.25) is 0 Å². The lowest BCUT2D eigenvalue weighted by molar-refractivity contribution is 0.0643. The van der Waals surface area contributed by atoms with Crippen molar-refractivity contribution in [2.75, 3.05) is 33.5 Å². The molecular weight excluding hydrogens is 238 g/mol. The maximum absolute atomic E-state index is 10.7. The molecule has 1 N–H and O–H groups in total. The fourth-order valence-corrected chi connectivity index (χ4v) is 1.21. The molecule has 0 spiro atoms. The number of hydrogen-bond donors (Lipinski definition) is 1. The van der Waals surface area contributed by atoms with Crippen LogP contribution in [0.3, 0.4) is 0 Å². The number of rotatable bonds is 9. The molecule has 1 rings (SSSR count). The SMILES string of the molecule is COCCOCCCOc1cncc(C(=O)O)c1. The third-order valence-corrected chi connectivity index (χ3v) is 2.09. The van der Waals surface area contributed by atoms with Crippen LogP contribution in [-0.2, 0) is 9.47 Å². The summed E-state index contributed by atoms with van der Waals surface area (Å²) in [6.07, 6.45) is 3.49. The van der Waals surface area contributed by atoms with E-state index in [0.717, 1.165) is 6.42 Å². The van der Waals surface area contributed by atoms with Crippen molar-refractivity contribution in [3.8, 4) is 5.75 Å². The maximum Gasteiger partial charge on any atom is 0.337 e. The summed E-state index contributed by atoms with van der Waals surface area (Å²) in [4.78, 5) is 14.5. The predicted molar refractivity (Wildman–Crippen MR) is 64.0 cm³/mol. The van der Waals surface area contributed by atoms with Gasteiger partial charge in [-0.3, -0.25) is 4.98 Å². The van der Waals surface area contributed by atoms with Crippen LogP contribution in [-0.4, -0.2) is 49.6 Å². The van der Waals surface area contributed by atoms with Crippen LogP contribution < -0.4 is 4.74 Å². The molecular formula is C12H17NO5. The van der Waals surface area contributed by atoms with Gasteiger partial charge in [-0.2, -0.15) is 0 Å². The van der Waals surface area contributed by atoms with E-state index in [-0.39, 0.29) is 5.56 Å². The number of aromatic carboxylic acids is 1. The molecule has 0 aliphatic rings. The van der Waals surface area contributed by atoms with Crippen molar-refractivity contribution in [1.29, 1.82) is 0 Å². The predicted octanol–water partition coefficient (Wildman–Crippen LogP) is 1.21. The van der Waals surface area contributed by atoms with Gasteiger partial charge in [0.05, 0.1) is 31.6 Å². The van der Waals surface area contributed by atoms with Crippen molar-refractivity contribution in [2.24, 2.45) is 0 Å². The largest absolute Gasteiger partial charge is 0.492 e. The van der Waals surface area contributed by atoms with Crippen LogP contribution in [0.5, 0.6) is 5.75 Å². The van der Waals surface area contributed by atoms with E-state index in [1.54, 1.807) is 7.11 Å². The number of carboxylic acids is 1. The van der Waals surface area contributed by atoms with Crippen LogP contribution in [0.25, 0.3) is 0 Å². The Balaban J connectivity index is 2.19. The summed E-state index contributed by atoms with van der Waals surface area (Å²) in [5.74, 6) is -0.567. The summed E-state index contributed by atoms with van der Waals surface area (Å²) in [5.41, 5.74) is 0.115. The zero-order valence-corrected chi connectivity index (χ0v) is 10.3. The molecule has 0 aromatic carbocycles. The molecule has 0 aliphatic carbocycles. The molecule has 18 heavy (non-hydrogen) atoms. The van der Waals surface area contributed by atoms with Gasteiger partial charge in [-0.05, 0) is 6.07 Å². The Hall–Kier alpha value is -1.66. The van der Waals surface area contributed by atoms with Crippen LogP contribution in [0.15, 0.2) is 18.5 Å². The normalized spacial score (nSPS) is 10.3. The molecule has 0 saturated heterocycles. The van der Waals surface area contributed by atoms with Gasteiger partial charge in [0, 0.05) is 26.3 Å². The quantitative estimate of drug-likeness (QED) is 0.668. The third-order valence-electron chi connectivity index (χ3n) is 2.09. The van der Waals surface area contributed by atoms with Crippen LogP contribution in [0.1, 0.15) is 16.8 Å². The van der Waals surface area contributed by atoms with Crippen molar-refractivity contribution < 1.29 is 24.1 Å². The molecule has 6 nitrogen and oxygen atoms in total. The number of pyridine rings is 1. The summed E-state index contributed by atoms with van der Waals surface area (Å²) >= 11 is 0. The summed E-state index contributed by atoms with van der Waals surface area (Å²) < 4.78 is 15.5. The molecule has 1 aromatic rings. The highest BCUT2D eigenvalue weighted by molar-refractivity contribution is 5.87. The number of hydrogen-bond acceptors (Lipinski definition) is 5. The molecule has 0 amide bonds. The molecule has 6 heteroatoms. The Morgan fingerprint density at radius 2 is 2.11 bits per heavy atom. The van der Waals surface area contributed by atoms with Crippen LogP contribution in [0.4, 0.5) is 0 Å². The van der Waals surface area contributed by atoms with Crippen molar-refractivity contribution in [1.82, 2.24) is 4.98 Å². The number of nitrogens with zero attached hydrogens (tertiary/aromatic N) is 1. The highest BCUT2D eigenvalue weighted by atomic mass is 16.5. The molecule has 0 radical (unpaired) electrons. The smallest absolute Gasteiger partial charge is 0.337 e. The maximum atomic E-state index is 10.7. The Morgan fingerprint density at radius 3 is 2.83 bits per heavy atom. The molecule has 1 heterocycles. The van der Waals surface area contributed by atoms with Gasteiger partial charge in [0.25, 0.3) is 0 Å². The zero-order chi connectivity index (χ0) is 13.2. The fraction of sp³-hybridized carbons (Fsp3) is 0.500. The van der Waals surface area contributed by atoms with Gasteiger partial charge < -0.3 is 19.3 Å². The molecule has 0 aliphatic heterocycles. The van der Waals surface area contributed by atoms with E-state index in [2.05, 4.69) is 4.98 Å². The van der Waals surface area contributed by atoms with Crippen LogP contribution in [0, 0.1) is 0 Å². The number of aromatic nitrogens is 1. The van der Waals surface area contributed by atoms with E-state index >= 15 is 0 Å². The van der Waals surface area contributed by atoms with E-state index in [0.29, 0.717) is 32.2 Å². The lowest BCUT2D eigenvalue weighted by Gasteiger charge is -2.06. The first-order valence-electron chi connectivity index (χ1n) is 5.62. The second kappa shape index (κ2) is 8.43. The van der Waals surface area contributed by atoms with Gasteiger partial charge >= 0.3 is 5.97 Å².